The maximum Gasteiger partial charge on any atom is 0.148 e. The Balaban J connectivity index is 3.34. The number of anilines is 2. The van der Waals surface area contributed by atoms with Crippen LogP contribution in [-0.4, -0.2) is 5.11 Å². The zero-order valence-electron chi connectivity index (χ0n) is 5.13. The molecule has 0 unspecified atom stereocenters. The summed E-state index contributed by atoms with van der Waals surface area (Å²) in [6, 6.07) is 2.21. The molecule has 0 saturated carbocycles. The molecular weight excluding hydrogens is 135 g/mol. The molecule has 0 aliphatic carbocycles. The molecule has 0 bridgehead atoms. The fourth-order valence-corrected chi connectivity index (χ4v) is 0.598. The number of phenols is 1. The summed E-state index contributed by atoms with van der Waals surface area (Å²) in [6.07, 6.45) is 0. The second kappa shape index (κ2) is 2.06. The number of hydrogen-bond acceptors (Lipinski definition) is 3. The fraction of sp³-hybridized carbons (Fsp3) is 0. The summed E-state index contributed by atoms with van der Waals surface area (Å²) >= 11 is 0. The van der Waals surface area contributed by atoms with Crippen molar-refractivity contribution in [2.75, 3.05) is 11.5 Å². The predicted molar refractivity (Wildman–Crippen MR) is 36.9 cm³/mol. The highest BCUT2D eigenvalue weighted by Crippen LogP contribution is 2.27. The largest absolute Gasteiger partial charge is 0.506 e. The number of phenolic OH excluding ortho intramolecular Hbond substituents is 1. The number of hydrogen-bond donors (Lipinski definition) is 3. The van der Waals surface area contributed by atoms with E-state index in [-0.39, 0.29) is 17.1 Å². The van der Waals surface area contributed by atoms with Crippen molar-refractivity contribution in [2.45, 2.75) is 0 Å². The molecule has 0 aromatic heterocycles. The molecule has 0 aliphatic rings. The van der Waals surface area contributed by atoms with Gasteiger partial charge in [0.25, 0.3) is 0 Å². The SMILES string of the molecule is Nc1c(O)ccc(F)c1N. The molecule has 0 aliphatic heterocycles. The van der Waals surface area contributed by atoms with Crippen LogP contribution in [-0.2, 0) is 0 Å². The molecule has 3 nitrogen and oxygen atoms in total. The van der Waals surface area contributed by atoms with E-state index in [9.17, 15) is 4.39 Å². The summed E-state index contributed by atoms with van der Waals surface area (Å²) in [5.41, 5.74) is 9.97. The molecule has 1 aromatic rings. The van der Waals surface area contributed by atoms with Crippen LogP contribution in [0.2, 0.25) is 0 Å². The van der Waals surface area contributed by atoms with Gasteiger partial charge in [0.1, 0.15) is 17.3 Å². The first-order valence-corrected chi connectivity index (χ1v) is 2.65. The summed E-state index contributed by atoms with van der Waals surface area (Å²) in [4.78, 5) is 0. The number of halogens is 1. The molecule has 0 saturated heterocycles. The Morgan fingerprint density at radius 2 is 1.80 bits per heavy atom. The van der Waals surface area contributed by atoms with Gasteiger partial charge in [-0.3, -0.25) is 0 Å². The van der Waals surface area contributed by atoms with Crippen LogP contribution in [0, 0.1) is 5.82 Å². The van der Waals surface area contributed by atoms with Gasteiger partial charge in [0.15, 0.2) is 0 Å². The standard InChI is InChI=1S/C6H7FN2O/c7-3-1-2-4(10)6(9)5(3)8/h1-2,10H,8-9H2. The van der Waals surface area contributed by atoms with Crippen molar-refractivity contribution in [3.63, 3.8) is 0 Å². The quantitative estimate of drug-likeness (QED) is 0.368. The van der Waals surface area contributed by atoms with E-state index < -0.39 is 5.82 Å². The maximum atomic E-state index is 12.4. The lowest BCUT2D eigenvalue weighted by atomic mass is 10.2. The van der Waals surface area contributed by atoms with Gasteiger partial charge in [-0.2, -0.15) is 0 Å². The monoisotopic (exact) mass is 142 g/mol. The number of benzene rings is 1. The van der Waals surface area contributed by atoms with Crippen LogP contribution in [0.25, 0.3) is 0 Å². The molecule has 10 heavy (non-hydrogen) atoms. The Labute approximate surface area is 57.1 Å². The first-order valence-electron chi connectivity index (χ1n) is 2.65. The van der Waals surface area contributed by atoms with Crippen LogP contribution >= 0.6 is 0 Å². The highest BCUT2D eigenvalue weighted by Gasteiger charge is 2.04. The van der Waals surface area contributed by atoms with Gasteiger partial charge in [0.05, 0.1) is 5.69 Å². The lowest BCUT2D eigenvalue weighted by Gasteiger charge is -2.01. The van der Waals surface area contributed by atoms with Crippen molar-refractivity contribution in [1.82, 2.24) is 0 Å². The van der Waals surface area contributed by atoms with Gasteiger partial charge in [-0.25, -0.2) is 4.39 Å². The molecule has 0 amide bonds. The molecule has 1 aromatic carbocycles. The number of nitrogens with two attached hydrogens (primary N) is 2. The predicted octanol–water partition coefficient (Wildman–Crippen LogP) is 0.696. The summed E-state index contributed by atoms with van der Waals surface area (Å²) in [5.74, 6) is -0.811. The van der Waals surface area contributed by atoms with Crippen LogP contribution in [0.4, 0.5) is 15.8 Å². The molecule has 0 heterocycles. The van der Waals surface area contributed by atoms with Crippen molar-refractivity contribution in [2.24, 2.45) is 0 Å². The average Bonchev–Trinajstić information content (AvgIpc) is 1.93. The van der Waals surface area contributed by atoms with Crippen LogP contribution in [0.3, 0.4) is 0 Å². The average molecular weight is 142 g/mol. The highest BCUT2D eigenvalue weighted by molar-refractivity contribution is 5.70. The van der Waals surface area contributed by atoms with Gasteiger partial charge >= 0.3 is 0 Å². The van der Waals surface area contributed by atoms with Crippen LogP contribution in [0.5, 0.6) is 5.75 Å². The van der Waals surface area contributed by atoms with Crippen LogP contribution in [0.15, 0.2) is 12.1 Å². The van der Waals surface area contributed by atoms with E-state index in [4.69, 9.17) is 16.6 Å². The third-order valence-electron chi connectivity index (χ3n) is 1.21. The summed E-state index contributed by atoms with van der Waals surface area (Å²) < 4.78 is 12.4. The molecule has 0 spiro atoms. The number of aromatic hydroxyl groups is 1. The summed E-state index contributed by atoms with van der Waals surface area (Å²) in [6.45, 7) is 0. The van der Waals surface area contributed by atoms with Gasteiger partial charge in [-0.1, -0.05) is 0 Å². The van der Waals surface area contributed by atoms with Gasteiger partial charge in [-0.05, 0) is 12.1 Å². The number of rotatable bonds is 0. The van der Waals surface area contributed by atoms with Crippen molar-refractivity contribution in [3.05, 3.63) is 17.9 Å². The Morgan fingerprint density at radius 3 is 2.30 bits per heavy atom. The molecule has 0 atom stereocenters. The smallest absolute Gasteiger partial charge is 0.148 e. The lowest BCUT2D eigenvalue weighted by Crippen LogP contribution is -1.97. The van der Waals surface area contributed by atoms with Crippen LogP contribution in [0.1, 0.15) is 0 Å². The third kappa shape index (κ3) is 0.834. The molecule has 54 valence electrons. The van der Waals surface area contributed by atoms with Crippen molar-refractivity contribution < 1.29 is 9.50 Å². The van der Waals surface area contributed by atoms with E-state index in [0.717, 1.165) is 12.1 Å². The van der Waals surface area contributed by atoms with E-state index in [2.05, 4.69) is 0 Å². The zero-order chi connectivity index (χ0) is 7.72. The minimum Gasteiger partial charge on any atom is -0.506 e. The lowest BCUT2D eigenvalue weighted by molar-refractivity contribution is 0.476. The Hall–Kier alpha value is -1.45. The summed E-state index contributed by atoms with van der Waals surface area (Å²) in [5, 5.41) is 8.85. The van der Waals surface area contributed by atoms with Gasteiger partial charge in [0.2, 0.25) is 0 Å². The van der Waals surface area contributed by atoms with Crippen molar-refractivity contribution in [3.8, 4) is 5.75 Å². The van der Waals surface area contributed by atoms with Gasteiger partial charge < -0.3 is 16.6 Å². The van der Waals surface area contributed by atoms with E-state index in [1.54, 1.807) is 0 Å². The van der Waals surface area contributed by atoms with Crippen molar-refractivity contribution >= 4 is 11.4 Å². The van der Waals surface area contributed by atoms with Crippen LogP contribution < -0.4 is 11.5 Å². The van der Waals surface area contributed by atoms with E-state index in [1.807, 2.05) is 0 Å². The fourth-order valence-electron chi connectivity index (χ4n) is 0.598. The molecule has 5 N–H and O–H groups in total. The van der Waals surface area contributed by atoms with E-state index >= 15 is 0 Å². The Bertz CT molecular complexity index is 235. The second-order valence-corrected chi connectivity index (χ2v) is 1.89. The summed E-state index contributed by atoms with van der Waals surface area (Å²) in [7, 11) is 0. The minimum absolute atomic E-state index is 0.111. The van der Waals surface area contributed by atoms with E-state index in [0.29, 0.717) is 0 Å². The van der Waals surface area contributed by atoms with E-state index in [1.165, 1.54) is 0 Å². The van der Waals surface area contributed by atoms with Gasteiger partial charge in [-0.15, -0.1) is 0 Å². The minimum atomic E-state index is -0.615. The third-order valence-corrected chi connectivity index (χ3v) is 1.21. The molecular formula is C6H7FN2O. The Morgan fingerprint density at radius 1 is 1.20 bits per heavy atom. The topological polar surface area (TPSA) is 72.3 Å². The highest BCUT2D eigenvalue weighted by atomic mass is 19.1. The first-order chi connectivity index (χ1) is 4.63. The molecule has 0 radical (unpaired) electrons. The maximum absolute atomic E-state index is 12.4. The second-order valence-electron chi connectivity index (χ2n) is 1.89. The van der Waals surface area contributed by atoms with Crippen molar-refractivity contribution in [1.29, 1.82) is 0 Å². The zero-order valence-corrected chi connectivity index (χ0v) is 5.13. The number of nitrogen functional groups attached to an aromatic ring is 2. The molecule has 1 rings (SSSR count). The van der Waals surface area contributed by atoms with Gasteiger partial charge in [0, 0.05) is 0 Å². The molecule has 0 fully saturated rings. The molecule has 4 heteroatoms. The normalized spacial score (nSPS) is 9.70. The Kier molecular flexibility index (Phi) is 1.37. The first kappa shape index (κ1) is 6.67.